The van der Waals surface area contributed by atoms with Crippen LogP contribution in [0.2, 0.25) is 0 Å². The van der Waals surface area contributed by atoms with Crippen molar-refractivity contribution in [1.82, 2.24) is 4.90 Å². The summed E-state index contributed by atoms with van der Waals surface area (Å²) in [6.07, 6.45) is 23.2. The van der Waals surface area contributed by atoms with Crippen molar-refractivity contribution < 1.29 is 14.3 Å². The summed E-state index contributed by atoms with van der Waals surface area (Å²) >= 11 is 0. The fraction of sp³-hybridized carbons (Fsp3) is 0.933. The van der Waals surface area contributed by atoms with E-state index in [1.54, 1.807) is 0 Å². The highest BCUT2D eigenvalue weighted by atomic mass is 16.5. The van der Waals surface area contributed by atoms with E-state index in [0.717, 1.165) is 90.1 Å². The molecule has 1 atom stereocenters. The highest BCUT2D eigenvalue weighted by molar-refractivity contribution is 5.69. The first-order chi connectivity index (χ1) is 17.7. The van der Waals surface area contributed by atoms with Crippen LogP contribution in [0.5, 0.6) is 0 Å². The second-order valence-electron chi connectivity index (χ2n) is 10.5. The van der Waals surface area contributed by atoms with Gasteiger partial charge in [-0.15, -0.1) is 0 Å². The summed E-state index contributed by atoms with van der Waals surface area (Å²) in [4.78, 5) is 35.4. The maximum atomic E-state index is 12.2. The van der Waals surface area contributed by atoms with Crippen molar-refractivity contribution in [2.75, 3.05) is 32.8 Å². The van der Waals surface area contributed by atoms with E-state index in [-0.39, 0.29) is 5.97 Å². The maximum Gasteiger partial charge on any atom is 0.305 e. The molecule has 36 heavy (non-hydrogen) atoms. The predicted octanol–water partition coefficient (Wildman–Crippen LogP) is 8.25. The average Bonchev–Trinajstić information content (AvgIpc) is 2.88. The predicted molar refractivity (Wildman–Crippen MR) is 151 cm³/mol. The number of nitrogens with zero attached hydrogens (tertiary/aromatic N) is 2. The van der Waals surface area contributed by atoms with Gasteiger partial charge in [-0.25, -0.2) is 0 Å². The number of rotatable bonds is 29. The van der Waals surface area contributed by atoms with Gasteiger partial charge in [-0.3, -0.25) is 4.79 Å². The lowest BCUT2D eigenvalue weighted by molar-refractivity contribution is -0.145. The first-order valence-electron chi connectivity index (χ1n) is 15.3. The quantitative estimate of drug-likeness (QED) is 0.0438. The number of nitroso groups, excluding NO2 is 1. The first kappa shape index (κ1) is 34.7. The average molecular weight is 511 g/mol. The minimum Gasteiger partial charge on any atom is -0.465 e. The molecule has 0 aliphatic heterocycles. The Morgan fingerprint density at radius 1 is 0.750 bits per heavy atom. The Labute approximate surface area is 222 Å². The zero-order chi connectivity index (χ0) is 26.5. The van der Waals surface area contributed by atoms with Gasteiger partial charge in [0.05, 0.1) is 13.2 Å². The van der Waals surface area contributed by atoms with Gasteiger partial charge >= 0.3 is 5.97 Å². The Balaban J connectivity index is 3.83. The van der Waals surface area contributed by atoms with Gasteiger partial charge in [-0.05, 0) is 57.5 Å². The molecular formula is C30H58N2O4. The van der Waals surface area contributed by atoms with Crippen molar-refractivity contribution >= 4 is 12.3 Å². The fourth-order valence-corrected chi connectivity index (χ4v) is 4.78. The Bertz CT molecular complexity index is 501. The molecule has 0 aromatic rings. The van der Waals surface area contributed by atoms with Crippen molar-refractivity contribution in [3.8, 4) is 0 Å². The summed E-state index contributed by atoms with van der Waals surface area (Å²) in [5.74, 6) is 0.501. The third-order valence-corrected chi connectivity index (χ3v) is 7.05. The third-order valence-electron chi connectivity index (χ3n) is 7.05. The van der Waals surface area contributed by atoms with Crippen molar-refractivity contribution in [3.63, 3.8) is 0 Å². The van der Waals surface area contributed by atoms with Gasteiger partial charge in [0.2, 0.25) is 0 Å². The van der Waals surface area contributed by atoms with Crippen LogP contribution in [0, 0.1) is 10.8 Å². The summed E-state index contributed by atoms with van der Waals surface area (Å²) in [6.45, 7) is 8.20. The Kier molecular flexibility index (Phi) is 27.3. The molecule has 1 unspecified atom stereocenters. The molecule has 0 aromatic carbocycles. The highest BCUT2D eigenvalue weighted by Gasteiger charge is 2.11. The molecule has 0 saturated carbocycles. The van der Waals surface area contributed by atoms with Gasteiger partial charge in [-0.1, -0.05) is 96.1 Å². The number of hydrogen-bond acceptors (Lipinski definition) is 6. The number of hydrogen-bond donors (Lipinski definition) is 0. The lowest BCUT2D eigenvalue weighted by atomic mass is 9.97. The molecule has 0 saturated heterocycles. The molecule has 0 radical (unpaired) electrons. The third kappa shape index (κ3) is 24.4. The molecule has 0 aromatic heterocycles. The van der Waals surface area contributed by atoms with Crippen molar-refractivity contribution in [2.24, 2.45) is 11.1 Å². The molecule has 212 valence electrons. The first-order valence-corrected chi connectivity index (χ1v) is 15.3. The van der Waals surface area contributed by atoms with Crippen LogP contribution in [0.25, 0.3) is 0 Å². The number of carbonyl (C=O) groups is 2. The van der Waals surface area contributed by atoms with Crippen LogP contribution in [-0.2, 0) is 14.3 Å². The lowest BCUT2D eigenvalue weighted by Gasteiger charge is -2.21. The fourth-order valence-electron chi connectivity index (χ4n) is 4.78. The summed E-state index contributed by atoms with van der Waals surface area (Å²) < 4.78 is 5.61. The van der Waals surface area contributed by atoms with Crippen LogP contribution in [0.1, 0.15) is 142 Å². The van der Waals surface area contributed by atoms with Gasteiger partial charge < -0.3 is 14.4 Å². The van der Waals surface area contributed by atoms with Crippen LogP contribution >= 0.6 is 0 Å². The molecule has 0 aliphatic carbocycles. The molecule has 0 heterocycles. The lowest BCUT2D eigenvalue weighted by Crippen LogP contribution is -2.28. The smallest absolute Gasteiger partial charge is 0.305 e. The summed E-state index contributed by atoms with van der Waals surface area (Å²) in [5, 5.41) is 3.03. The Morgan fingerprint density at radius 2 is 1.36 bits per heavy atom. The van der Waals surface area contributed by atoms with Crippen LogP contribution in [0.3, 0.4) is 0 Å². The zero-order valence-electron chi connectivity index (χ0n) is 23.9. The number of unbranched alkanes of at least 4 members (excludes halogenated alkanes) is 13. The monoisotopic (exact) mass is 510 g/mol. The molecule has 0 fully saturated rings. The number of aldehydes is 1. The minimum atomic E-state index is -0.0271. The summed E-state index contributed by atoms with van der Waals surface area (Å²) in [6, 6.07) is 0. The van der Waals surface area contributed by atoms with Crippen LogP contribution in [-0.4, -0.2) is 49.9 Å². The van der Waals surface area contributed by atoms with Crippen LogP contribution in [0.15, 0.2) is 5.18 Å². The Hall–Kier alpha value is -1.30. The largest absolute Gasteiger partial charge is 0.465 e. The molecule has 0 rings (SSSR count). The number of ether oxygens (including phenoxy) is 1. The Morgan fingerprint density at radius 3 is 2.00 bits per heavy atom. The van der Waals surface area contributed by atoms with Gasteiger partial charge in [-0.2, -0.15) is 4.91 Å². The van der Waals surface area contributed by atoms with E-state index in [2.05, 4.69) is 23.9 Å². The molecule has 6 nitrogen and oxygen atoms in total. The second-order valence-corrected chi connectivity index (χ2v) is 10.5. The van der Waals surface area contributed by atoms with Crippen molar-refractivity contribution in [2.45, 2.75) is 142 Å². The number of esters is 1. The second kappa shape index (κ2) is 28.3. The van der Waals surface area contributed by atoms with Crippen LogP contribution < -0.4 is 0 Å². The van der Waals surface area contributed by atoms with E-state index in [9.17, 15) is 14.5 Å². The van der Waals surface area contributed by atoms with Crippen molar-refractivity contribution in [3.05, 3.63) is 4.91 Å². The van der Waals surface area contributed by atoms with E-state index < -0.39 is 0 Å². The zero-order valence-corrected chi connectivity index (χ0v) is 23.9. The summed E-state index contributed by atoms with van der Waals surface area (Å²) in [5.41, 5.74) is 0. The molecule has 0 N–H and O–H groups in total. The molecule has 0 spiro atoms. The normalized spacial score (nSPS) is 12.1. The van der Waals surface area contributed by atoms with E-state index in [1.165, 1.54) is 51.4 Å². The van der Waals surface area contributed by atoms with E-state index in [0.29, 0.717) is 31.9 Å². The molecule has 0 aliphatic rings. The molecule has 0 bridgehead atoms. The highest BCUT2D eigenvalue weighted by Crippen LogP contribution is 2.18. The minimum absolute atomic E-state index is 0.0271. The van der Waals surface area contributed by atoms with E-state index in [1.807, 2.05) is 0 Å². The SMILES string of the molecule is CCCCCCCC(CCC)COC(=O)CCCCCCCN(CCCCCCCC=O)CCN=O. The maximum absolute atomic E-state index is 12.2. The van der Waals surface area contributed by atoms with Crippen molar-refractivity contribution in [1.29, 1.82) is 0 Å². The standard InChI is InChI=1S/C30H58N2O4/c1-3-5-6-10-15-21-29(20-4-2)28-36-30(34)22-16-11-9-13-18-25-32(26-23-31-35)24-17-12-7-8-14-19-27-33/h27,29H,3-26,28H2,1-2H3. The molecule has 6 heteroatoms. The topological polar surface area (TPSA) is 76.0 Å². The van der Waals surface area contributed by atoms with Gasteiger partial charge in [0, 0.05) is 19.4 Å². The van der Waals surface area contributed by atoms with Gasteiger partial charge in [0.15, 0.2) is 0 Å². The van der Waals surface area contributed by atoms with Crippen LogP contribution in [0.4, 0.5) is 0 Å². The van der Waals surface area contributed by atoms with Gasteiger partial charge in [0.25, 0.3) is 0 Å². The molecule has 0 amide bonds. The summed E-state index contributed by atoms with van der Waals surface area (Å²) in [7, 11) is 0. The van der Waals surface area contributed by atoms with E-state index in [4.69, 9.17) is 4.74 Å². The number of carbonyl (C=O) groups excluding carboxylic acids is 2. The van der Waals surface area contributed by atoms with E-state index >= 15 is 0 Å². The van der Waals surface area contributed by atoms with Gasteiger partial charge in [0.1, 0.15) is 6.29 Å². The molecular weight excluding hydrogens is 452 g/mol.